The van der Waals surface area contributed by atoms with Crippen molar-refractivity contribution < 1.29 is 22.4 Å². The Balaban J connectivity index is 2.39. The van der Waals surface area contributed by atoms with Crippen molar-refractivity contribution in [3.8, 4) is 0 Å². The van der Waals surface area contributed by atoms with Crippen molar-refractivity contribution in [2.24, 2.45) is 7.05 Å². The molecule has 0 aliphatic rings. The molecule has 0 N–H and O–H groups in total. The molecule has 0 aromatic carbocycles. The van der Waals surface area contributed by atoms with Crippen LogP contribution in [0.5, 0.6) is 0 Å². The predicted octanol–water partition coefficient (Wildman–Crippen LogP) is 1.53. The fourth-order valence-corrected chi connectivity index (χ4v) is 3.51. The van der Waals surface area contributed by atoms with Crippen molar-refractivity contribution in [1.29, 1.82) is 0 Å². The fraction of sp³-hybridized carbons (Fsp3) is 0.357. The lowest BCUT2D eigenvalue weighted by atomic mass is 10.4. The summed E-state index contributed by atoms with van der Waals surface area (Å²) in [5, 5.41) is 0. The minimum Gasteiger partial charge on any atom is -0.468 e. The molecule has 0 saturated heterocycles. The Morgan fingerprint density at radius 3 is 2.68 bits per heavy atom. The summed E-state index contributed by atoms with van der Waals surface area (Å²) >= 11 is 0. The number of ether oxygens (including phenoxy) is 1. The average Bonchev–Trinajstić information content (AvgIpc) is 3.08. The largest absolute Gasteiger partial charge is 0.468 e. The Morgan fingerprint density at radius 2 is 2.14 bits per heavy atom. The maximum absolute atomic E-state index is 12.7. The van der Waals surface area contributed by atoms with Crippen LogP contribution in [0.25, 0.3) is 0 Å². The molecule has 0 spiro atoms. The topological polar surface area (TPSA) is 81.8 Å². The van der Waals surface area contributed by atoms with E-state index in [1.54, 1.807) is 26.1 Å². The number of furan rings is 1. The van der Waals surface area contributed by atoms with Crippen molar-refractivity contribution in [3.63, 3.8) is 0 Å². The molecule has 0 unspecified atom stereocenters. The zero-order valence-electron chi connectivity index (χ0n) is 12.9. The fourth-order valence-electron chi connectivity index (χ4n) is 2.11. The number of methoxy groups -OCH3 is 1. The molecule has 0 fully saturated rings. The van der Waals surface area contributed by atoms with Crippen molar-refractivity contribution in [1.82, 2.24) is 8.87 Å². The second-order valence-electron chi connectivity index (χ2n) is 4.87. The van der Waals surface area contributed by atoms with Gasteiger partial charge in [0.25, 0.3) is 0 Å². The zero-order valence-corrected chi connectivity index (χ0v) is 13.7. The summed E-state index contributed by atoms with van der Waals surface area (Å²) in [4.78, 5) is 11.8. The first kappa shape index (κ1) is 16.3. The maximum Gasteiger partial charge on any atom is 0.354 e. The van der Waals surface area contributed by atoms with Gasteiger partial charge < -0.3 is 13.7 Å². The van der Waals surface area contributed by atoms with Crippen molar-refractivity contribution in [3.05, 3.63) is 41.6 Å². The summed E-state index contributed by atoms with van der Waals surface area (Å²) in [6, 6.07) is 4.72. The first-order valence-electron chi connectivity index (χ1n) is 6.52. The number of nitrogens with zero attached hydrogens (tertiary/aromatic N) is 2. The molecule has 2 aromatic heterocycles. The van der Waals surface area contributed by atoms with Crippen molar-refractivity contribution >= 4 is 16.0 Å². The van der Waals surface area contributed by atoms with Crippen LogP contribution in [0.4, 0.5) is 0 Å². The normalized spacial score (nSPS) is 11.9. The minimum absolute atomic E-state index is 0.0736. The summed E-state index contributed by atoms with van der Waals surface area (Å²) in [6.07, 6.45) is 1.49. The van der Waals surface area contributed by atoms with Gasteiger partial charge in [0.1, 0.15) is 16.3 Å². The van der Waals surface area contributed by atoms with E-state index in [-0.39, 0.29) is 17.1 Å². The van der Waals surface area contributed by atoms with Crippen LogP contribution in [-0.2, 0) is 28.4 Å². The Kier molecular flexibility index (Phi) is 4.43. The minimum atomic E-state index is -3.74. The molecule has 0 amide bonds. The number of carbonyl (C=O) groups excluding carboxylic acids is 1. The number of esters is 1. The van der Waals surface area contributed by atoms with Gasteiger partial charge in [-0.15, -0.1) is 0 Å². The van der Waals surface area contributed by atoms with Gasteiger partial charge >= 0.3 is 5.97 Å². The first-order chi connectivity index (χ1) is 10.3. The Labute approximate surface area is 129 Å². The van der Waals surface area contributed by atoms with E-state index in [9.17, 15) is 13.2 Å². The van der Waals surface area contributed by atoms with Gasteiger partial charge in [-0.25, -0.2) is 13.2 Å². The molecule has 2 aromatic rings. The summed E-state index contributed by atoms with van der Waals surface area (Å²) in [7, 11) is 0.586. The van der Waals surface area contributed by atoms with Crippen LogP contribution in [-0.4, -0.2) is 37.4 Å². The molecule has 0 saturated carbocycles. The van der Waals surface area contributed by atoms with Crippen LogP contribution in [0.1, 0.15) is 21.9 Å². The summed E-state index contributed by atoms with van der Waals surface area (Å²) in [5.74, 6) is -0.0476. The highest BCUT2D eigenvalue weighted by Crippen LogP contribution is 2.24. The second kappa shape index (κ2) is 5.98. The monoisotopic (exact) mass is 326 g/mol. The number of aromatic nitrogens is 1. The van der Waals surface area contributed by atoms with E-state index in [1.807, 2.05) is 0 Å². The third kappa shape index (κ3) is 2.79. The van der Waals surface area contributed by atoms with E-state index in [0.717, 1.165) is 0 Å². The van der Waals surface area contributed by atoms with Gasteiger partial charge in [-0.3, -0.25) is 0 Å². The highest BCUT2D eigenvalue weighted by molar-refractivity contribution is 7.89. The molecule has 2 heterocycles. The van der Waals surface area contributed by atoms with Gasteiger partial charge in [-0.2, -0.15) is 4.31 Å². The van der Waals surface area contributed by atoms with Crippen LogP contribution in [0.2, 0.25) is 0 Å². The highest BCUT2D eigenvalue weighted by atomic mass is 32.2. The lowest BCUT2D eigenvalue weighted by Gasteiger charge is -2.15. The van der Waals surface area contributed by atoms with Gasteiger partial charge in [0.2, 0.25) is 10.0 Å². The van der Waals surface area contributed by atoms with E-state index in [4.69, 9.17) is 4.42 Å². The molecule has 0 atom stereocenters. The number of hydrogen-bond acceptors (Lipinski definition) is 5. The van der Waals surface area contributed by atoms with Gasteiger partial charge in [0, 0.05) is 19.8 Å². The van der Waals surface area contributed by atoms with E-state index in [0.29, 0.717) is 11.5 Å². The SMILES string of the molecule is COC(=O)c1cc(S(=O)(=O)N(C)Cc2ccco2)c(C)n1C. The smallest absolute Gasteiger partial charge is 0.354 e. The van der Waals surface area contributed by atoms with E-state index < -0.39 is 16.0 Å². The van der Waals surface area contributed by atoms with E-state index in [2.05, 4.69) is 4.74 Å². The Morgan fingerprint density at radius 1 is 1.45 bits per heavy atom. The number of hydrogen-bond donors (Lipinski definition) is 0. The second-order valence-corrected chi connectivity index (χ2v) is 6.88. The first-order valence-corrected chi connectivity index (χ1v) is 7.96. The maximum atomic E-state index is 12.7. The molecule has 120 valence electrons. The van der Waals surface area contributed by atoms with Gasteiger partial charge in [-0.1, -0.05) is 0 Å². The molecule has 0 aliphatic carbocycles. The van der Waals surface area contributed by atoms with Crippen molar-refractivity contribution in [2.45, 2.75) is 18.4 Å². The molecule has 0 aliphatic heterocycles. The lowest BCUT2D eigenvalue weighted by molar-refractivity contribution is 0.0589. The molecular weight excluding hydrogens is 308 g/mol. The van der Waals surface area contributed by atoms with Crippen molar-refractivity contribution in [2.75, 3.05) is 14.2 Å². The van der Waals surface area contributed by atoms with Gasteiger partial charge in [0.15, 0.2) is 0 Å². The molecule has 0 bridgehead atoms. The number of sulfonamides is 1. The Bertz CT molecular complexity index is 775. The molecule has 8 heteroatoms. The van der Waals surface area contributed by atoms with Crippen LogP contribution >= 0.6 is 0 Å². The molecule has 2 rings (SSSR count). The molecule has 0 radical (unpaired) electrons. The average molecular weight is 326 g/mol. The standard InChI is InChI=1S/C14H18N2O5S/c1-10-13(8-12(16(10)3)14(17)20-4)22(18,19)15(2)9-11-6-5-7-21-11/h5-8H,9H2,1-4H3. The number of carbonyl (C=O) groups is 1. The molecule has 7 nitrogen and oxygen atoms in total. The summed E-state index contributed by atoms with van der Waals surface area (Å²) in [6.45, 7) is 1.75. The Hall–Kier alpha value is -2.06. The third-order valence-corrected chi connectivity index (χ3v) is 5.45. The summed E-state index contributed by atoms with van der Waals surface area (Å²) in [5.41, 5.74) is 0.650. The van der Waals surface area contributed by atoms with Crippen LogP contribution in [0, 0.1) is 6.92 Å². The van der Waals surface area contributed by atoms with E-state index >= 15 is 0 Å². The lowest BCUT2D eigenvalue weighted by Crippen LogP contribution is -2.26. The molecular formula is C14H18N2O5S. The quantitative estimate of drug-likeness (QED) is 0.778. The van der Waals surface area contributed by atoms with Crippen LogP contribution in [0.3, 0.4) is 0 Å². The summed E-state index contributed by atoms with van der Waals surface area (Å²) < 4.78 is 37.8. The molecule has 22 heavy (non-hydrogen) atoms. The van der Waals surface area contributed by atoms with Crippen LogP contribution in [0.15, 0.2) is 33.8 Å². The van der Waals surface area contributed by atoms with E-state index in [1.165, 1.54) is 35.4 Å². The predicted molar refractivity (Wildman–Crippen MR) is 78.9 cm³/mol. The zero-order chi connectivity index (χ0) is 16.5. The van der Waals surface area contributed by atoms with Gasteiger partial charge in [-0.05, 0) is 25.1 Å². The highest BCUT2D eigenvalue weighted by Gasteiger charge is 2.28. The van der Waals surface area contributed by atoms with Crippen LogP contribution < -0.4 is 0 Å². The number of rotatable bonds is 5. The van der Waals surface area contributed by atoms with Gasteiger partial charge in [0.05, 0.1) is 19.9 Å². The third-order valence-electron chi connectivity index (χ3n) is 3.53.